The summed E-state index contributed by atoms with van der Waals surface area (Å²) in [4.78, 5) is 14.7. The molecule has 21 heavy (non-hydrogen) atoms. The Labute approximate surface area is 127 Å². The van der Waals surface area contributed by atoms with E-state index in [1.807, 2.05) is 11.4 Å². The third-order valence-electron chi connectivity index (χ3n) is 4.44. The number of carbonyl (C=O) groups excluding carboxylic acids is 1. The van der Waals surface area contributed by atoms with Gasteiger partial charge in [0.05, 0.1) is 6.20 Å². The summed E-state index contributed by atoms with van der Waals surface area (Å²) in [5.41, 5.74) is 2.10. The number of fused-ring (bicyclic) bond motifs is 2. The van der Waals surface area contributed by atoms with E-state index in [0.29, 0.717) is 0 Å². The SMILES string of the molecule is O=C(N[C@@H]1C[C@H]2CCN(C2)C1)n1cc(-c2ccsc2)cn1. The maximum atomic E-state index is 12.3. The molecule has 110 valence electrons. The zero-order valence-corrected chi connectivity index (χ0v) is 12.6. The van der Waals surface area contributed by atoms with Crippen molar-refractivity contribution in [2.45, 2.75) is 18.9 Å². The molecule has 2 aliphatic rings. The number of thiophene rings is 1. The van der Waals surface area contributed by atoms with Gasteiger partial charge in [-0.05, 0) is 47.7 Å². The molecule has 4 rings (SSSR count). The summed E-state index contributed by atoms with van der Waals surface area (Å²) in [6.07, 6.45) is 5.92. The predicted octanol–water partition coefficient (Wildman–Crippen LogP) is 2.26. The first-order valence-corrected chi connectivity index (χ1v) is 8.32. The number of hydrogen-bond donors (Lipinski definition) is 1. The number of nitrogens with one attached hydrogen (secondary N) is 1. The molecule has 2 saturated heterocycles. The summed E-state index contributed by atoms with van der Waals surface area (Å²) in [7, 11) is 0. The van der Waals surface area contributed by atoms with Crippen LogP contribution in [-0.4, -0.2) is 46.4 Å². The highest BCUT2D eigenvalue weighted by Crippen LogP contribution is 2.27. The minimum atomic E-state index is -0.121. The number of piperidine rings is 1. The van der Waals surface area contributed by atoms with Crippen molar-refractivity contribution in [3.8, 4) is 11.1 Å². The first-order chi connectivity index (χ1) is 10.3. The van der Waals surface area contributed by atoms with E-state index in [2.05, 4.69) is 20.7 Å². The molecule has 1 unspecified atom stereocenters. The van der Waals surface area contributed by atoms with Gasteiger partial charge in [-0.2, -0.15) is 21.1 Å². The Kier molecular flexibility index (Phi) is 3.27. The molecule has 2 fully saturated rings. The molecule has 0 spiro atoms. The highest BCUT2D eigenvalue weighted by molar-refractivity contribution is 7.08. The van der Waals surface area contributed by atoms with Crippen LogP contribution in [0.2, 0.25) is 0 Å². The minimum absolute atomic E-state index is 0.121. The number of aromatic nitrogens is 2. The van der Waals surface area contributed by atoms with Gasteiger partial charge in [-0.3, -0.25) is 0 Å². The zero-order chi connectivity index (χ0) is 14.2. The van der Waals surface area contributed by atoms with E-state index < -0.39 is 0 Å². The van der Waals surface area contributed by atoms with Crippen molar-refractivity contribution in [1.29, 1.82) is 0 Å². The zero-order valence-electron chi connectivity index (χ0n) is 11.7. The molecule has 4 heterocycles. The number of amides is 1. The maximum Gasteiger partial charge on any atom is 0.342 e. The standard InChI is InChI=1S/C15H18N4OS/c20-15(17-14-5-11-1-3-18(7-11)9-14)19-8-13(6-16-19)12-2-4-21-10-12/h2,4,6,8,10-11,14H,1,3,5,7,9H2,(H,17,20)/t11-,14-/m1/s1. The quantitative estimate of drug-likeness (QED) is 0.926. The molecule has 0 radical (unpaired) electrons. The topological polar surface area (TPSA) is 50.2 Å². The molecule has 2 aliphatic heterocycles. The lowest BCUT2D eigenvalue weighted by Gasteiger charge is -2.30. The van der Waals surface area contributed by atoms with Gasteiger partial charge in [0.2, 0.25) is 0 Å². The van der Waals surface area contributed by atoms with Crippen molar-refractivity contribution in [3.05, 3.63) is 29.2 Å². The minimum Gasteiger partial charge on any atom is -0.332 e. The normalized spacial score (nSPS) is 27.7. The van der Waals surface area contributed by atoms with Gasteiger partial charge in [0.1, 0.15) is 0 Å². The molecule has 2 bridgehead atoms. The van der Waals surface area contributed by atoms with Crippen LogP contribution in [-0.2, 0) is 0 Å². The molecular formula is C15H18N4OS. The van der Waals surface area contributed by atoms with E-state index in [0.717, 1.165) is 30.0 Å². The van der Waals surface area contributed by atoms with Gasteiger partial charge in [0.15, 0.2) is 0 Å². The van der Waals surface area contributed by atoms with E-state index >= 15 is 0 Å². The van der Waals surface area contributed by atoms with Crippen LogP contribution in [0.5, 0.6) is 0 Å². The van der Waals surface area contributed by atoms with Crippen LogP contribution in [0.15, 0.2) is 29.2 Å². The second-order valence-corrected chi connectivity index (χ2v) is 6.76. The van der Waals surface area contributed by atoms with Crippen LogP contribution in [0.3, 0.4) is 0 Å². The Balaban J connectivity index is 1.43. The molecular weight excluding hydrogens is 284 g/mol. The Morgan fingerprint density at radius 2 is 2.33 bits per heavy atom. The van der Waals surface area contributed by atoms with Gasteiger partial charge in [0.25, 0.3) is 0 Å². The van der Waals surface area contributed by atoms with Crippen LogP contribution in [0.25, 0.3) is 11.1 Å². The molecule has 2 aromatic rings. The van der Waals surface area contributed by atoms with Crippen LogP contribution in [0, 0.1) is 5.92 Å². The molecule has 0 saturated carbocycles. The van der Waals surface area contributed by atoms with Gasteiger partial charge in [-0.15, -0.1) is 0 Å². The molecule has 0 aromatic carbocycles. The Hall–Kier alpha value is -1.66. The van der Waals surface area contributed by atoms with Gasteiger partial charge in [0, 0.05) is 30.9 Å². The molecule has 2 aromatic heterocycles. The Bertz CT molecular complexity index is 624. The Morgan fingerprint density at radius 1 is 1.38 bits per heavy atom. The van der Waals surface area contributed by atoms with Gasteiger partial charge in [-0.25, -0.2) is 4.79 Å². The van der Waals surface area contributed by atoms with Crippen LogP contribution in [0.1, 0.15) is 12.8 Å². The van der Waals surface area contributed by atoms with Crippen molar-refractivity contribution in [1.82, 2.24) is 20.0 Å². The number of hydrogen-bond acceptors (Lipinski definition) is 4. The number of carbonyl (C=O) groups is 1. The summed E-state index contributed by atoms with van der Waals surface area (Å²) < 4.78 is 1.42. The largest absolute Gasteiger partial charge is 0.342 e. The summed E-state index contributed by atoms with van der Waals surface area (Å²) in [5.74, 6) is 0.753. The highest BCUT2D eigenvalue weighted by Gasteiger charge is 2.33. The van der Waals surface area contributed by atoms with E-state index in [-0.39, 0.29) is 12.1 Å². The summed E-state index contributed by atoms with van der Waals surface area (Å²) >= 11 is 1.64. The van der Waals surface area contributed by atoms with Crippen molar-refractivity contribution in [2.24, 2.45) is 5.92 Å². The van der Waals surface area contributed by atoms with Gasteiger partial charge >= 0.3 is 6.03 Å². The third kappa shape index (κ3) is 2.61. The predicted molar refractivity (Wildman–Crippen MR) is 82.4 cm³/mol. The third-order valence-corrected chi connectivity index (χ3v) is 5.12. The van der Waals surface area contributed by atoms with Crippen molar-refractivity contribution < 1.29 is 4.79 Å². The monoisotopic (exact) mass is 302 g/mol. The summed E-state index contributed by atoms with van der Waals surface area (Å²) in [6, 6.07) is 2.17. The summed E-state index contributed by atoms with van der Waals surface area (Å²) in [5, 5.41) is 11.4. The number of nitrogens with zero attached hydrogens (tertiary/aromatic N) is 3. The maximum absolute atomic E-state index is 12.3. The van der Waals surface area contributed by atoms with Gasteiger partial charge in [-0.1, -0.05) is 0 Å². The molecule has 1 amide bonds. The molecule has 3 atom stereocenters. The molecule has 1 N–H and O–H groups in total. The molecule has 0 aliphatic carbocycles. The fourth-order valence-corrected chi connectivity index (χ4v) is 4.08. The second-order valence-electron chi connectivity index (χ2n) is 5.98. The lowest BCUT2D eigenvalue weighted by Crippen LogP contribution is -2.48. The van der Waals surface area contributed by atoms with Crippen LogP contribution < -0.4 is 5.32 Å². The van der Waals surface area contributed by atoms with E-state index in [1.165, 1.54) is 24.2 Å². The molecule has 6 heteroatoms. The van der Waals surface area contributed by atoms with Crippen molar-refractivity contribution in [3.63, 3.8) is 0 Å². The second kappa shape index (κ2) is 5.27. The smallest absolute Gasteiger partial charge is 0.332 e. The molecule has 5 nitrogen and oxygen atoms in total. The van der Waals surface area contributed by atoms with Crippen LogP contribution >= 0.6 is 11.3 Å². The lowest BCUT2D eigenvalue weighted by atomic mass is 9.97. The van der Waals surface area contributed by atoms with E-state index in [4.69, 9.17) is 0 Å². The Morgan fingerprint density at radius 3 is 3.14 bits per heavy atom. The summed E-state index contributed by atoms with van der Waals surface area (Å²) in [6.45, 7) is 3.36. The highest BCUT2D eigenvalue weighted by atomic mass is 32.1. The first kappa shape index (κ1) is 13.0. The van der Waals surface area contributed by atoms with E-state index in [1.54, 1.807) is 23.7 Å². The van der Waals surface area contributed by atoms with Crippen molar-refractivity contribution in [2.75, 3.05) is 19.6 Å². The van der Waals surface area contributed by atoms with E-state index in [9.17, 15) is 4.79 Å². The fourth-order valence-electron chi connectivity index (χ4n) is 3.42. The first-order valence-electron chi connectivity index (χ1n) is 7.38. The lowest BCUT2D eigenvalue weighted by molar-refractivity contribution is 0.204. The van der Waals surface area contributed by atoms with Crippen molar-refractivity contribution >= 4 is 17.4 Å². The van der Waals surface area contributed by atoms with Crippen LogP contribution in [0.4, 0.5) is 4.79 Å². The average molecular weight is 302 g/mol. The number of rotatable bonds is 2. The average Bonchev–Trinajstić information content (AvgIpc) is 3.18. The van der Waals surface area contributed by atoms with Gasteiger partial charge < -0.3 is 10.2 Å². The fraction of sp³-hybridized carbons (Fsp3) is 0.467.